The summed E-state index contributed by atoms with van der Waals surface area (Å²) in [6, 6.07) is 10.1. The fourth-order valence-electron chi connectivity index (χ4n) is 3.42. The number of benzene rings is 2. The molecule has 4 rings (SSSR count). The van der Waals surface area contributed by atoms with Gasteiger partial charge in [-0.25, -0.2) is 8.42 Å². The molecule has 0 unspecified atom stereocenters. The lowest BCUT2D eigenvalue weighted by atomic mass is 10.1. The number of hydrogen-bond acceptors (Lipinski definition) is 5. The van der Waals surface area contributed by atoms with Gasteiger partial charge >= 0.3 is 0 Å². The Morgan fingerprint density at radius 3 is 2.23 bits per heavy atom. The number of rotatable bonds is 6. The van der Waals surface area contributed by atoms with Crippen LogP contribution in [0.3, 0.4) is 0 Å². The van der Waals surface area contributed by atoms with E-state index in [1.165, 1.54) is 58.7 Å². The largest absolute Gasteiger partial charge is 0.322 e. The van der Waals surface area contributed by atoms with E-state index in [1.54, 1.807) is 13.8 Å². The maximum Gasteiger partial charge on any atom is 0.261 e. The zero-order valence-electron chi connectivity index (χ0n) is 17.5. The first-order valence-electron chi connectivity index (χ1n) is 10.0. The van der Waals surface area contributed by atoms with Crippen LogP contribution in [0.1, 0.15) is 57.8 Å². The Kier molecular flexibility index (Phi) is 5.18. The molecule has 1 fully saturated rings. The van der Waals surface area contributed by atoms with E-state index in [1.807, 2.05) is 0 Å². The average Bonchev–Trinajstić information content (AvgIpc) is 3.54. The predicted molar refractivity (Wildman–Crippen MR) is 114 cm³/mol. The molecule has 2 aromatic rings. The number of imide groups is 1. The Balaban J connectivity index is 1.51. The second kappa shape index (κ2) is 7.58. The molecular formula is C22H23N3O5S. The number of anilines is 1. The lowest BCUT2D eigenvalue weighted by Crippen LogP contribution is -2.33. The monoisotopic (exact) mass is 441 g/mol. The molecule has 9 heteroatoms. The minimum atomic E-state index is -3.61. The van der Waals surface area contributed by atoms with E-state index < -0.39 is 15.9 Å². The van der Waals surface area contributed by atoms with Crippen LogP contribution in [0, 0.1) is 0 Å². The van der Waals surface area contributed by atoms with E-state index in [9.17, 15) is 22.8 Å². The molecule has 1 aliphatic heterocycles. The van der Waals surface area contributed by atoms with Crippen LogP contribution in [0.15, 0.2) is 47.4 Å². The first-order valence-corrected chi connectivity index (χ1v) is 11.5. The van der Waals surface area contributed by atoms with Gasteiger partial charge in [0.25, 0.3) is 17.7 Å². The van der Waals surface area contributed by atoms with E-state index in [2.05, 4.69) is 5.32 Å². The molecule has 1 heterocycles. The molecule has 1 N–H and O–H groups in total. The highest BCUT2D eigenvalue weighted by atomic mass is 32.2. The van der Waals surface area contributed by atoms with Gasteiger partial charge in [-0.15, -0.1) is 0 Å². The van der Waals surface area contributed by atoms with Crippen LogP contribution in [0.4, 0.5) is 5.69 Å². The van der Waals surface area contributed by atoms with Gasteiger partial charge in [-0.1, -0.05) is 0 Å². The summed E-state index contributed by atoms with van der Waals surface area (Å²) in [6.07, 6.45) is 1.63. The average molecular weight is 442 g/mol. The SMILES string of the molecule is CC(C)N(C)S(=O)(=O)c1ccc(NC(=O)c2ccc3c(c2)C(=O)N(C2CC2)C3=O)cc1. The first-order chi connectivity index (χ1) is 14.6. The molecule has 0 spiro atoms. The molecule has 0 bridgehead atoms. The molecule has 0 aromatic heterocycles. The summed E-state index contributed by atoms with van der Waals surface area (Å²) in [4.78, 5) is 39.1. The number of nitrogens with zero attached hydrogens (tertiary/aromatic N) is 2. The fraction of sp³-hybridized carbons (Fsp3) is 0.318. The first kappa shape index (κ1) is 21.2. The summed E-state index contributed by atoms with van der Waals surface area (Å²) in [5.74, 6) is -1.12. The van der Waals surface area contributed by atoms with Crippen molar-refractivity contribution in [3.05, 3.63) is 59.2 Å². The smallest absolute Gasteiger partial charge is 0.261 e. The van der Waals surface area contributed by atoms with Crippen molar-refractivity contribution < 1.29 is 22.8 Å². The molecule has 0 saturated heterocycles. The Hall–Kier alpha value is -3.04. The Morgan fingerprint density at radius 2 is 1.65 bits per heavy atom. The third kappa shape index (κ3) is 3.75. The van der Waals surface area contributed by atoms with Crippen LogP contribution in [-0.4, -0.2) is 54.5 Å². The van der Waals surface area contributed by atoms with Gasteiger partial charge in [-0.3, -0.25) is 19.3 Å². The predicted octanol–water partition coefficient (Wildman–Crippen LogP) is 2.73. The van der Waals surface area contributed by atoms with Gasteiger partial charge in [0.1, 0.15) is 0 Å². The second-order valence-corrected chi connectivity index (χ2v) is 10.1. The maximum atomic E-state index is 12.7. The highest BCUT2D eigenvalue weighted by Gasteiger charge is 2.44. The molecule has 0 radical (unpaired) electrons. The van der Waals surface area contributed by atoms with Crippen LogP contribution in [0.25, 0.3) is 0 Å². The van der Waals surface area contributed by atoms with Crippen molar-refractivity contribution in [3.8, 4) is 0 Å². The Bertz CT molecular complexity index is 1180. The molecular weight excluding hydrogens is 418 g/mol. The van der Waals surface area contributed by atoms with Crippen molar-refractivity contribution in [2.45, 2.75) is 43.7 Å². The number of fused-ring (bicyclic) bond motifs is 1. The van der Waals surface area contributed by atoms with Gasteiger partial charge in [0.15, 0.2) is 0 Å². The number of carbonyl (C=O) groups is 3. The number of sulfonamides is 1. The summed E-state index contributed by atoms with van der Waals surface area (Å²) >= 11 is 0. The van der Waals surface area contributed by atoms with Crippen LogP contribution < -0.4 is 5.32 Å². The lowest BCUT2D eigenvalue weighted by molar-refractivity contribution is 0.0642. The quantitative estimate of drug-likeness (QED) is 0.694. The minimum Gasteiger partial charge on any atom is -0.322 e. The van der Waals surface area contributed by atoms with Gasteiger partial charge in [0, 0.05) is 30.4 Å². The molecule has 1 saturated carbocycles. The van der Waals surface area contributed by atoms with E-state index in [0.717, 1.165) is 12.8 Å². The van der Waals surface area contributed by atoms with Crippen LogP contribution in [0.2, 0.25) is 0 Å². The van der Waals surface area contributed by atoms with Gasteiger partial charge < -0.3 is 5.32 Å². The van der Waals surface area contributed by atoms with Crippen molar-refractivity contribution >= 4 is 33.4 Å². The van der Waals surface area contributed by atoms with Gasteiger partial charge in [0.2, 0.25) is 10.0 Å². The van der Waals surface area contributed by atoms with Crippen LogP contribution in [-0.2, 0) is 10.0 Å². The van der Waals surface area contributed by atoms with Gasteiger partial charge in [0.05, 0.1) is 16.0 Å². The molecule has 1 aliphatic carbocycles. The van der Waals surface area contributed by atoms with Crippen molar-refractivity contribution in [2.24, 2.45) is 0 Å². The van der Waals surface area contributed by atoms with Crippen LogP contribution >= 0.6 is 0 Å². The second-order valence-electron chi connectivity index (χ2n) is 8.07. The topological polar surface area (TPSA) is 104 Å². The van der Waals surface area contributed by atoms with E-state index in [0.29, 0.717) is 11.3 Å². The third-order valence-corrected chi connectivity index (χ3v) is 7.66. The summed E-state index contributed by atoms with van der Waals surface area (Å²) in [7, 11) is -2.10. The van der Waals surface area contributed by atoms with E-state index in [-0.39, 0.29) is 39.9 Å². The molecule has 2 aromatic carbocycles. The van der Waals surface area contributed by atoms with Crippen LogP contribution in [0.5, 0.6) is 0 Å². The summed E-state index contributed by atoms with van der Waals surface area (Å²) in [5, 5.41) is 2.70. The molecule has 8 nitrogen and oxygen atoms in total. The van der Waals surface area contributed by atoms with Crippen molar-refractivity contribution in [3.63, 3.8) is 0 Å². The Labute approximate surface area is 180 Å². The van der Waals surface area contributed by atoms with Gasteiger partial charge in [-0.05, 0) is 69.2 Å². The Morgan fingerprint density at radius 1 is 1.03 bits per heavy atom. The number of amides is 3. The molecule has 0 atom stereocenters. The minimum absolute atomic E-state index is 0.0331. The summed E-state index contributed by atoms with van der Waals surface area (Å²) < 4.78 is 26.4. The zero-order chi connectivity index (χ0) is 22.5. The molecule has 3 amide bonds. The van der Waals surface area contributed by atoms with Gasteiger partial charge in [-0.2, -0.15) is 4.31 Å². The number of nitrogens with one attached hydrogen (secondary N) is 1. The number of hydrogen-bond donors (Lipinski definition) is 1. The molecule has 162 valence electrons. The fourth-order valence-corrected chi connectivity index (χ4v) is 4.79. The highest BCUT2D eigenvalue weighted by Crippen LogP contribution is 2.35. The summed E-state index contributed by atoms with van der Waals surface area (Å²) in [5.41, 5.74) is 1.22. The van der Waals surface area contributed by atoms with E-state index >= 15 is 0 Å². The standard InChI is InChI=1S/C22H23N3O5S/c1-13(2)24(3)31(29,30)17-9-5-15(6-10-17)23-20(26)14-4-11-18-19(12-14)22(28)25(21(18)27)16-7-8-16/h4-6,9-13,16H,7-8H2,1-3H3,(H,23,26). The third-order valence-electron chi connectivity index (χ3n) is 5.61. The lowest BCUT2D eigenvalue weighted by Gasteiger charge is -2.21. The summed E-state index contributed by atoms with van der Waals surface area (Å²) in [6.45, 7) is 3.57. The highest BCUT2D eigenvalue weighted by molar-refractivity contribution is 7.89. The molecule has 2 aliphatic rings. The van der Waals surface area contributed by atoms with Crippen molar-refractivity contribution in [1.29, 1.82) is 0 Å². The maximum absolute atomic E-state index is 12.7. The van der Waals surface area contributed by atoms with E-state index in [4.69, 9.17) is 0 Å². The molecule has 31 heavy (non-hydrogen) atoms. The normalized spacial score (nSPS) is 16.2. The van der Waals surface area contributed by atoms with Crippen molar-refractivity contribution in [1.82, 2.24) is 9.21 Å². The number of carbonyl (C=O) groups excluding carboxylic acids is 3. The zero-order valence-corrected chi connectivity index (χ0v) is 18.3. The van der Waals surface area contributed by atoms with Crippen molar-refractivity contribution in [2.75, 3.05) is 12.4 Å².